The van der Waals surface area contributed by atoms with Crippen LogP contribution in [0.5, 0.6) is 0 Å². The van der Waals surface area contributed by atoms with Crippen molar-refractivity contribution in [3.63, 3.8) is 0 Å². The maximum atomic E-state index is 13.2. The topological polar surface area (TPSA) is 53.4 Å². The van der Waals surface area contributed by atoms with Crippen LogP contribution in [-0.2, 0) is 4.79 Å². The van der Waals surface area contributed by atoms with Crippen LogP contribution in [0.3, 0.4) is 0 Å². The number of aromatic nitrogens is 1. The first-order valence-corrected chi connectivity index (χ1v) is 14.4. The second-order valence-electron chi connectivity index (χ2n) is 9.56. The second-order valence-corrected chi connectivity index (χ2v) is 11.6. The van der Waals surface area contributed by atoms with Crippen LogP contribution in [0, 0.1) is 0 Å². The Labute approximate surface area is 228 Å². The minimum absolute atomic E-state index is 0.0449. The van der Waals surface area contributed by atoms with Gasteiger partial charge in [-0.05, 0) is 46.9 Å². The number of aliphatic hydroxyl groups excluding tert-OH is 1. The van der Waals surface area contributed by atoms with E-state index in [1.54, 1.807) is 29.2 Å². The van der Waals surface area contributed by atoms with Crippen molar-refractivity contribution in [1.29, 1.82) is 0 Å². The molecule has 2 heterocycles. The number of thioether (sulfide) groups is 1. The molecule has 0 fully saturated rings. The van der Waals surface area contributed by atoms with Gasteiger partial charge in [-0.25, -0.2) is 4.98 Å². The van der Waals surface area contributed by atoms with Gasteiger partial charge in [0.1, 0.15) is 10.8 Å². The molecule has 0 unspecified atom stereocenters. The first-order valence-electron chi connectivity index (χ1n) is 12.8. The quantitative estimate of drug-likeness (QED) is 0.230. The van der Waals surface area contributed by atoms with Gasteiger partial charge in [0.25, 0.3) is 0 Å². The summed E-state index contributed by atoms with van der Waals surface area (Å²) in [6.45, 7) is 3.05. The molecule has 2 aliphatic rings. The zero-order valence-electron chi connectivity index (χ0n) is 20.8. The minimum atomic E-state index is -0.143. The molecule has 0 radical (unpaired) electrons. The first-order chi connectivity index (χ1) is 18.6. The number of ketones is 1. The number of Topliss-reactive ketones (excluding diaryl/α,β-unsaturated/α-hetero) is 1. The van der Waals surface area contributed by atoms with E-state index in [2.05, 4.69) is 66.4 Å². The number of rotatable bonds is 5. The summed E-state index contributed by atoms with van der Waals surface area (Å²) in [7, 11) is 0. The molecule has 1 aliphatic heterocycles. The van der Waals surface area contributed by atoms with E-state index in [-0.39, 0.29) is 11.5 Å². The lowest BCUT2D eigenvalue weighted by Gasteiger charge is -2.23. The third-order valence-electron chi connectivity index (χ3n) is 7.19. The number of nitrogens with zero attached hydrogens (tertiary/aromatic N) is 2. The Morgan fingerprint density at radius 3 is 2.45 bits per heavy atom. The Bertz CT molecular complexity index is 1880. The summed E-state index contributed by atoms with van der Waals surface area (Å²) in [6, 6.07) is 25.0. The fourth-order valence-electron chi connectivity index (χ4n) is 5.18. The molecule has 38 heavy (non-hydrogen) atoms. The second kappa shape index (κ2) is 9.15. The molecule has 0 amide bonds. The van der Waals surface area contributed by atoms with E-state index in [4.69, 9.17) is 4.98 Å². The summed E-state index contributed by atoms with van der Waals surface area (Å²) < 4.78 is 1.09. The SMILES string of the molecule is CCCCN1/C(=C/C2=C(O)C(=C/c3nc4ccc5ccccc5c4s3)/C2=O)Sc2c1ccc1ccccc21. The molecule has 5 aromatic rings. The lowest BCUT2D eigenvalue weighted by atomic mass is 9.88. The summed E-state index contributed by atoms with van der Waals surface area (Å²) in [5, 5.41) is 17.4. The van der Waals surface area contributed by atoms with Crippen LogP contribution in [0.25, 0.3) is 37.8 Å². The highest BCUT2D eigenvalue weighted by Crippen LogP contribution is 2.50. The van der Waals surface area contributed by atoms with Gasteiger partial charge < -0.3 is 10.0 Å². The molecule has 0 spiro atoms. The minimum Gasteiger partial charge on any atom is -0.506 e. The number of hydrogen-bond acceptors (Lipinski definition) is 6. The van der Waals surface area contributed by atoms with Gasteiger partial charge in [-0.1, -0.05) is 85.8 Å². The number of carbonyl (C=O) groups is 1. The van der Waals surface area contributed by atoms with Gasteiger partial charge in [0.2, 0.25) is 5.78 Å². The maximum absolute atomic E-state index is 13.2. The van der Waals surface area contributed by atoms with Crippen molar-refractivity contribution in [3.8, 4) is 0 Å². The van der Waals surface area contributed by atoms with Crippen molar-refractivity contribution in [1.82, 2.24) is 4.98 Å². The molecule has 1 N–H and O–H groups in total. The van der Waals surface area contributed by atoms with Gasteiger partial charge in [0.15, 0.2) is 0 Å². The Morgan fingerprint density at radius 1 is 0.921 bits per heavy atom. The van der Waals surface area contributed by atoms with Crippen LogP contribution in [0.15, 0.2) is 106 Å². The number of thiazole rings is 1. The van der Waals surface area contributed by atoms with Crippen LogP contribution < -0.4 is 4.90 Å². The number of fused-ring (bicyclic) bond motifs is 6. The van der Waals surface area contributed by atoms with E-state index in [9.17, 15) is 9.90 Å². The molecule has 0 saturated heterocycles. The smallest absolute Gasteiger partial charge is 0.200 e. The molecule has 7 rings (SSSR count). The third-order valence-corrected chi connectivity index (χ3v) is 9.42. The van der Waals surface area contributed by atoms with Crippen LogP contribution in [-0.4, -0.2) is 22.4 Å². The van der Waals surface area contributed by atoms with Gasteiger partial charge in [-0.15, -0.1) is 11.3 Å². The molecule has 4 aromatic carbocycles. The fraction of sp³-hybridized carbons (Fsp3) is 0.125. The molecular weight excluding hydrogens is 508 g/mol. The number of benzene rings is 4. The molecule has 4 nitrogen and oxygen atoms in total. The molecule has 186 valence electrons. The first kappa shape index (κ1) is 23.3. The molecule has 1 aromatic heterocycles. The standard InChI is InChI=1S/C32H24N2O2S2/c1-2-3-16-34-26-15-13-20-9-5-7-11-22(20)32(26)38-28(34)18-24-29(35)23(30(24)36)17-27-33-25-14-12-19-8-4-6-10-21(19)31(25)37-27/h4-15,17-18,35H,2-3,16H2,1H3/b23-17-,28-18-. The van der Waals surface area contributed by atoms with Gasteiger partial charge >= 0.3 is 0 Å². The summed E-state index contributed by atoms with van der Waals surface area (Å²) in [6.07, 6.45) is 5.70. The number of carbonyl (C=O) groups excluding carboxylic acids is 1. The van der Waals surface area contributed by atoms with Gasteiger partial charge in [0.05, 0.1) is 32.1 Å². The zero-order chi connectivity index (χ0) is 25.8. The summed E-state index contributed by atoms with van der Waals surface area (Å²) >= 11 is 3.22. The Morgan fingerprint density at radius 2 is 1.66 bits per heavy atom. The van der Waals surface area contributed by atoms with Crippen molar-refractivity contribution < 1.29 is 9.90 Å². The predicted molar refractivity (Wildman–Crippen MR) is 160 cm³/mol. The summed E-state index contributed by atoms with van der Waals surface area (Å²) in [4.78, 5) is 21.4. The van der Waals surface area contributed by atoms with Crippen molar-refractivity contribution in [2.45, 2.75) is 24.7 Å². The van der Waals surface area contributed by atoms with E-state index in [1.165, 1.54) is 15.7 Å². The number of allylic oxidation sites excluding steroid dienone is 3. The number of aliphatic hydroxyl groups is 1. The van der Waals surface area contributed by atoms with Crippen LogP contribution in [0.2, 0.25) is 0 Å². The summed E-state index contributed by atoms with van der Waals surface area (Å²) in [5.41, 5.74) is 2.75. The van der Waals surface area contributed by atoms with Crippen molar-refractivity contribution in [2.75, 3.05) is 11.4 Å². The van der Waals surface area contributed by atoms with E-state index < -0.39 is 0 Å². The average Bonchev–Trinajstić information content (AvgIpc) is 3.54. The van der Waals surface area contributed by atoms with Crippen LogP contribution in [0.4, 0.5) is 5.69 Å². The molecule has 6 heteroatoms. The number of anilines is 1. The van der Waals surface area contributed by atoms with Crippen LogP contribution in [0.1, 0.15) is 24.8 Å². The van der Waals surface area contributed by atoms with Crippen molar-refractivity contribution in [3.05, 3.63) is 106 Å². The highest BCUT2D eigenvalue weighted by molar-refractivity contribution is 8.04. The largest absolute Gasteiger partial charge is 0.506 e. The van der Waals surface area contributed by atoms with Crippen molar-refractivity contribution >= 4 is 72.4 Å². The molecule has 0 atom stereocenters. The Balaban J connectivity index is 1.25. The predicted octanol–water partition coefficient (Wildman–Crippen LogP) is 8.63. The zero-order valence-corrected chi connectivity index (χ0v) is 22.4. The fourth-order valence-corrected chi connectivity index (χ4v) is 7.48. The molecule has 0 saturated carbocycles. The molecule has 0 bridgehead atoms. The normalized spacial score (nSPS) is 17.4. The average molecular weight is 533 g/mol. The van der Waals surface area contributed by atoms with E-state index in [1.807, 2.05) is 24.3 Å². The highest BCUT2D eigenvalue weighted by atomic mass is 32.2. The molecular formula is C32H24N2O2S2. The molecule has 1 aliphatic carbocycles. The van der Waals surface area contributed by atoms with E-state index >= 15 is 0 Å². The van der Waals surface area contributed by atoms with Crippen molar-refractivity contribution in [2.24, 2.45) is 0 Å². The number of hydrogen-bond donors (Lipinski definition) is 1. The lowest BCUT2D eigenvalue weighted by Crippen LogP contribution is -2.24. The lowest BCUT2D eigenvalue weighted by molar-refractivity contribution is -0.113. The Kier molecular flexibility index (Phi) is 5.60. The van der Waals surface area contributed by atoms with Gasteiger partial charge in [-0.2, -0.15) is 0 Å². The highest BCUT2D eigenvalue weighted by Gasteiger charge is 2.35. The Hall–Kier alpha value is -3.87. The maximum Gasteiger partial charge on any atom is 0.200 e. The third kappa shape index (κ3) is 3.67. The monoisotopic (exact) mass is 532 g/mol. The van der Waals surface area contributed by atoms with Gasteiger partial charge in [-0.3, -0.25) is 4.79 Å². The van der Waals surface area contributed by atoms with E-state index in [0.29, 0.717) is 11.1 Å². The van der Waals surface area contributed by atoms with Crippen LogP contribution >= 0.6 is 23.1 Å². The number of unbranched alkanes of at least 4 members (excludes halogenated alkanes) is 1. The summed E-state index contributed by atoms with van der Waals surface area (Å²) in [5.74, 6) is -0.0977. The van der Waals surface area contributed by atoms with Gasteiger partial charge in [0, 0.05) is 16.8 Å². The van der Waals surface area contributed by atoms with E-state index in [0.717, 1.165) is 56.1 Å².